The lowest BCUT2D eigenvalue weighted by molar-refractivity contribution is -0.127. The molecule has 0 aromatic heterocycles. The lowest BCUT2D eigenvalue weighted by atomic mass is 9.84. The molecule has 0 spiro atoms. The molecule has 4 rings (SSSR count). The summed E-state index contributed by atoms with van der Waals surface area (Å²) in [5, 5.41) is 3.13. The van der Waals surface area contributed by atoms with Crippen LogP contribution in [0.3, 0.4) is 0 Å². The molecule has 3 aliphatic rings. The highest BCUT2D eigenvalue weighted by Gasteiger charge is 2.48. The first-order valence-corrected chi connectivity index (χ1v) is 9.62. The monoisotopic (exact) mass is 343 g/mol. The van der Waals surface area contributed by atoms with Gasteiger partial charge in [-0.25, -0.2) is 0 Å². The fraction of sp³-hybridized carbons (Fsp3) is 0.650. The number of hydrogen-bond donors (Lipinski definition) is 2. The summed E-state index contributed by atoms with van der Waals surface area (Å²) in [4.78, 5) is 15.0. The van der Waals surface area contributed by atoms with E-state index in [9.17, 15) is 4.79 Å². The van der Waals surface area contributed by atoms with Crippen LogP contribution in [0.2, 0.25) is 0 Å². The summed E-state index contributed by atoms with van der Waals surface area (Å²) in [5.41, 5.74) is 8.75. The number of morpholine rings is 1. The molecule has 1 aromatic carbocycles. The molecule has 1 heterocycles. The van der Waals surface area contributed by atoms with Crippen LogP contribution in [0, 0.1) is 17.8 Å². The van der Waals surface area contributed by atoms with Gasteiger partial charge in [0.15, 0.2) is 0 Å². The van der Waals surface area contributed by atoms with Crippen LogP contribution in [0.1, 0.15) is 30.4 Å². The van der Waals surface area contributed by atoms with Gasteiger partial charge in [0.1, 0.15) is 0 Å². The van der Waals surface area contributed by atoms with Crippen molar-refractivity contribution in [2.24, 2.45) is 23.5 Å². The van der Waals surface area contributed by atoms with Gasteiger partial charge in [0.05, 0.1) is 19.1 Å². The smallest absolute Gasteiger partial charge is 0.225 e. The topological polar surface area (TPSA) is 67.6 Å². The molecule has 2 bridgehead atoms. The van der Waals surface area contributed by atoms with Crippen LogP contribution in [0.15, 0.2) is 24.3 Å². The maximum Gasteiger partial charge on any atom is 0.225 e. The molecule has 3 fully saturated rings. The van der Waals surface area contributed by atoms with Gasteiger partial charge < -0.3 is 15.8 Å². The summed E-state index contributed by atoms with van der Waals surface area (Å²) in [6, 6.07) is 8.60. The molecule has 1 saturated heterocycles. The summed E-state index contributed by atoms with van der Waals surface area (Å²) in [5.74, 6) is 1.25. The van der Waals surface area contributed by atoms with Crippen LogP contribution in [-0.4, -0.2) is 43.2 Å². The maximum absolute atomic E-state index is 12.6. The summed E-state index contributed by atoms with van der Waals surface area (Å²) in [7, 11) is 0. The Morgan fingerprint density at radius 1 is 1.20 bits per heavy atom. The van der Waals surface area contributed by atoms with E-state index in [0.717, 1.165) is 44.8 Å². The Labute approximate surface area is 149 Å². The van der Waals surface area contributed by atoms with Crippen molar-refractivity contribution in [1.82, 2.24) is 10.2 Å². The predicted octanol–water partition coefficient (Wildman–Crippen LogP) is 1.51. The lowest BCUT2D eigenvalue weighted by Crippen LogP contribution is -2.45. The molecular weight excluding hydrogens is 314 g/mol. The molecule has 136 valence electrons. The van der Waals surface area contributed by atoms with Gasteiger partial charge >= 0.3 is 0 Å². The standard InChI is InChI=1S/C20H29N3O2/c21-19-17-5-4-16(11-17)18(19)20(24)22-12-14-2-1-3-15(10-14)13-23-6-8-25-9-7-23/h1-3,10,16-19H,4-9,11-13,21H2,(H,22,24). The third-order valence-corrected chi connectivity index (χ3v) is 6.25. The van der Waals surface area contributed by atoms with Crippen LogP contribution < -0.4 is 11.1 Å². The second-order valence-electron chi connectivity index (χ2n) is 7.86. The molecule has 1 aromatic rings. The number of hydrogen-bond acceptors (Lipinski definition) is 4. The van der Waals surface area contributed by atoms with E-state index in [2.05, 4.69) is 34.5 Å². The van der Waals surface area contributed by atoms with Gasteiger partial charge in [0, 0.05) is 32.2 Å². The Morgan fingerprint density at radius 2 is 1.96 bits per heavy atom. The zero-order valence-electron chi connectivity index (χ0n) is 14.8. The van der Waals surface area contributed by atoms with Crippen LogP contribution in [0.25, 0.3) is 0 Å². The first-order chi connectivity index (χ1) is 12.2. The number of ether oxygens (including phenoxy) is 1. The Balaban J connectivity index is 1.32. The molecule has 2 saturated carbocycles. The average molecular weight is 343 g/mol. The van der Waals surface area contributed by atoms with E-state index >= 15 is 0 Å². The first kappa shape index (κ1) is 17.0. The summed E-state index contributed by atoms with van der Waals surface area (Å²) in [6.45, 7) is 5.16. The summed E-state index contributed by atoms with van der Waals surface area (Å²) in [6.07, 6.45) is 3.53. The zero-order valence-corrected chi connectivity index (χ0v) is 14.8. The van der Waals surface area contributed by atoms with Crippen molar-refractivity contribution in [3.8, 4) is 0 Å². The zero-order chi connectivity index (χ0) is 17.2. The molecule has 2 aliphatic carbocycles. The van der Waals surface area contributed by atoms with E-state index in [-0.39, 0.29) is 17.9 Å². The number of fused-ring (bicyclic) bond motifs is 2. The minimum Gasteiger partial charge on any atom is -0.379 e. The molecule has 5 nitrogen and oxygen atoms in total. The first-order valence-electron chi connectivity index (χ1n) is 9.62. The molecule has 1 aliphatic heterocycles. The summed E-state index contributed by atoms with van der Waals surface area (Å²) < 4.78 is 5.40. The van der Waals surface area contributed by atoms with Gasteiger partial charge in [-0.05, 0) is 42.2 Å². The third kappa shape index (κ3) is 3.73. The molecule has 5 heteroatoms. The van der Waals surface area contributed by atoms with E-state index in [1.54, 1.807) is 0 Å². The molecule has 4 atom stereocenters. The predicted molar refractivity (Wildman–Crippen MR) is 96.7 cm³/mol. The van der Waals surface area contributed by atoms with Gasteiger partial charge in [0.2, 0.25) is 5.91 Å². The number of carbonyl (C=O) groups excluding carboxylic acids is 1. The van der Waals surface area contributed by atoms with Gasteiger partial charge in [0.25, 0.3) is 0 Å². The lowest BCUT2D eigenvalue weighted by Gasteiger charge is -2.27. The quantitative estimate of drug-likeness (QED) is 0.850. The number of amides is 1. The van der Waals surface area contributed by atoms with Crippen molar-refractivity contribution >= 4 is 5.91 Å². The second kappa shape index (κ2) is 7.44. The van der Waals surface area contributed by atoms with Crippen molar-refractivity contribution in [1.29, 1.82) is 0 Å². The fourth-order valence-electron chi connectivity index (χ4n) is 4.89. The van der Waals surface area contributed by atoms with Crippen LogP contribution in [0.4, 0.5) is 0 Å². The largest absolute Gasteiger partial charge is 0.379 e. The van der Waals surface area contributed by atoms with E-state index < -0.39 is 0 Å². The van der Waals surface area contributed by atoms with Crippen molar-refractivity contribution in [3.63, 3.8) is 0 Å². The van der Waals surface area contributed by atoms with Gasteiger partial charge in [-0.3, -0.25) is 9.69 Å². The molecule has 25 heavy (non-hydrogen) atoms. The Kier molecular flexibility index (Phi) is 5.06. The van der Waals surface area contributed by atoms with Crippen molar-refractivity contribution in [3.05, 3.63) is 35.4 Å². The average Bonchev–Trinajstić information content (AvgIpc) is 3.22. The normalized spacial score (nSPS) is 32.0. The minimum atomic E-state index is 0.0234. The van der Waals surface area contributed by atoms with Crippen molar-refractivity contribution in [2.45, 2.75) is 38.4 Å². The number of benzene rings is 1. The SMILES string of the molecule is NC1C2CCC(C2)C1C(=O)NCc1cccc(CN2CCOCC2)c1. The Morgan fingerprint density at radius 3 is 2.72 bits per heavy atom. The van der Waals surface area contributed by atoms with Gasteiger partial charge in [-0.1, -0.05) is 24.3 Å². The molecule has 4 unspecified atom stereocenters. The van der Waals surface area contributed by atoms with Crippen LogP contribution >= 0.6 is 0 Å². The number of nitrogens with two attached hydrogens (primary N) is 1. The second-order valence-corrected chi connectivity index (χ2v) is 7.86. The number of nitrogens with one attached hydrogen (secondary N) is 1. The Bertz CT molecular complexity index is 613. The van der Waals surface area contributed by atoms with Gasteiger partial charge in [-0.15, -0.1) is 0 Å². The number of nitrogens with zero attached hydrogens (tertiary/aromatic N) is 1. The van der Waals surface area contributed by atoms with E-state index in [1.165, 1.54) is 18.4 Å². The molecular formula is C20H29N3O2. The number of carbonyl (C=O) groups is 1. The number of rotatable bonds is 5. The van der Waals surface area contributed by atoms with Crippen LogP contribution in [0.5, 0.6) is 0 Å². The highest BCUT2D eigenvalue weighted by atomic mass is 16.5. The molecule has 3 N–H and O–H groups in total. The molecule has 1 amide bonds. The fourth-order valence-corrected chi connectivity index (χ4v) is 4.89. The van der Waals surface area contributed by atoms with Crippen molar-refractivity contribution < 1.29 is 9.53 Å². The summed E-state index contributed by atoms with van der Waals surface area (Å²) >= 11 is 0. The van der Waals surface area contributed by atoms with E-state index in [0.29, 0.717) is 18.4 Å². The maximum atomic E-state index is 12.6. The highest BCUT2D eigenvalue weighted by Crippen LogP contribution is 2.47. The van der Waals surface area contributed by atoms with Crippen LogP contribution in [-0.2, 0) is 22.6 Å². The third-order valence-electron chi connectivity index (χ3n) is 6.25. The van der Waals surface area contributed by atoms with Crippen molar-refractivity contribution in [2.75, 3.05) is 26.3 Å². The minimum absolute atomic E-state index is 0.0234. The van der Waals surface area contributed by atoms with Gasteiger partial charge in [-0.2, -0.15) is 0 Å². The molecule has 0 radical (unpaired) electrons. The Hall–Kier alpha value is -1.43. The van der Waals surface area contributed by atoms with E-state index in [4.69, 9.17) is 10.5 Å². The van der Waals surface area contributed by atoms with E-state index in [1.807, 2.05) is 0 Å². The highest BCUT2D eigenvalue weighted by molar-refractivity contribution is 5.80.